The minimum Gasteiger partial charge on any atom is -0.334 e. The molecule has 0 bridgehead atoms. The highest BCUT2D eigenvalue weighted by molar-refractivity contribution is 8.07. The van der Waals surface area contributed by atoms with Crippen molar-refractivity contribution in [1.29, 1.82) is 0 Å². The maximum Gasteiger partial charge on any atom is 0.127 e. The maximum absolute atomic E-state index is 4.59. The van der Waals surface area contributed by atoms with E-state index in [0.717, 1.165) is 13.1 Å². The summed E-state index contributed by atoms with van der Waals surface area (Å²) >= 11 is 4.19. The third-order valence-electron chi connectivity index (χ3n) is 3.36. The van der Waals surface area contributed by atoms with E-state index >= 15 is 0 Å². The zero-order valence-electron chi connectivity index (χ0n) is 11.4. The average molecular weight is 285 g/mol. The van der Waals surface area contributed by atoms with Crippen LogP contribution in [0.2, 0.25) is 0 Å². The van der Waals surface area contributed by atoms with Crippen LogP contribution in [0.25, 0.3) is 0 Å². The van der Waals surface area contributed by atoms with Crippen LogP contribution in [0.5, 0.6) is 0 Å². The van der Waals surface area contributed by atoms with Gasteiger partial charge in [0.25, 0.3) is 0 Å². The summed E-state index contributed by atoms with van der Waals surface area (Å²) in [4.78, 5) is 4.59. The van der Waals surface area contributed by atoms with Gasteiger partial charge in [-0.05, 0) is 13.5 Å². The summed E-state index contributed by atoms with van der Waals surface area (Å²) in [6.45, 7) is 8.70. The van der Waals surface area contributed by atoms with Gasteiger partial charge in [0.05, 0.1) is 6.04 Å². The van der Waals surface area contributed by atoms with Gasteiger partial charge in [-0.25, -0.2) is 4.98 Å². The molecule has 18 heavy (non-hydrogen) atoms. The molecular weight excluding hydrogens is 262 g/mol. The van der Waals surface area contributed by atoms with Crippen LogP contribution in [-0.4, -0.2) is 38.1 Å². The minimum absolute atomic E-state index is 0.373. The lowest BCUT2D eigenvalue weighted by Crippen LogP contribution is -2.39. The first-order valence-corrected chi connectivity index (χ1v) is 8.85. The van der Waals surface area contributed by atoms with E-state index in [0.29, 0.717) is 16.5 Å². The summed E-state index contributed by atoms with van der Waals surface area (Å²) in [5, 5.41) is 4.95. The van der Waals surface area contributed by atoms with Gasteiger partial charge in [0.15, 0.2) is 0 Å². The molecule has 1 aliphatic heterocycles. The molecule has 0 aliphatic carbocycles. The molecule has 1 aromatic rings. The highest BCUT2D eigenvalue weighted by Gasteiger charge is 2.33. The quantitative estimate of drug-likeness (QED) is 0.901. The van der Waals surface area contributed by atoms with E-state index in [-0.39, 0.29) is 0 Å². The molecule has 5 heteroatoms. The third-order valence-corrected chi connectivity index (χ3v) is 6.55. The Kier molecular flexibility index (Phi) is 5.45. The molecule has 1 aliphatic rings. The van der Waals surface area contributed by atoms with Crippen LogP contribution in [0.4, 0.5) is 0 Å². The van der Waals surface area contributed by atoms with Crippen molar-refractivity contribution in [3.05, 3.63) is 18.2 Å². The largest absolute Gasteiger partial charge is 0.334 e. The normalized spacial score (nSPS) is 26.2. The standard InChI is InChI=1S/C13H23N3S2/c1-4-14-11(12-10(3)17-8-9-18-12)13-15-6-7-16(13)5-2/h6-7,10-12,14H,4-5,8-9H2,1-3H3. The van der Waals surface area contributed by atoms with E-state index < -0.39 is 0 Å². The van der Waals surface area contributed by atoms with E-state index in [1.54, 1.807) is 0 Å². The molecule has 3 unspecified atom stereocenters. The van der Waals surface area contributed by atoms with Crippen molar-refractivity contribution in [3.8, 4) is 0 Å². The Balaban J connectivity index is 2.21. The molecule has 0 saturated carbocycles. The second-order valence-corrected chi connectivity index (χ2v) is 7.29. The number of hydrogen-bond donors (Lipinski definition) is 1. The van der Waals surface area contributed by atoms with Crippen LogP contribution >= 0.6 is 23.5 Å². The Morgan fingerprint density at radius 2 is 2.22 bits per heavy atom. The second kappa shape index (κ2) is 6.87. The van der Waals surface area contributed by atoms with Gasteiger partial charge in [-0.3, -0.25) is 0 Å². The van der Waals surface area contributed by atoms with Gasteiger partial charge in [-0.2, -0.15) is 23.5 Å². The predicted octanol–water partition coefficient (Wildman–Crippen LogP) is 2.79. The van der Waals surface area contributed by atoms with Gasteiger partial charge in [0, 0.05) is 40.9 Å². The number of nitrogens with zero attached hydrogens (tertiary/aromatic N) is 2. The van der Waals surface area contributed by atoms with Gasteiger partial charge in [0.1, 0.15) is 5.82 Å². The van der Waals surface area contributed by atoms with Crippen LogP contribution in [0.1, 0.15) is 32.6 Å². The van der Waals surface area contributed by atoms with Crippen molar-refractivity contribution in [1.82, 2.24) is 14.9 Å². The topological polar surface area (TPSA) is 29.9 Å². The van der Waals surface area contributed by atoms with Crippen molar-refractivity contribution in [2.24, 2.45) is 0 Å². The average Bonchev–Trinajstić information content (AvgIpc) is 2.85. The number of nitrogens with one attached hydrogen (secondary N) is 1. The van der Waals surface area contributed by atoms with Crippen molar-refractivity contribution in [2.75, 3.05) is 18.1 Å². The minimum atomic E-state index is 0.373. The molecule has 0 aromatic carbocycles. The summed E-state index contributed by atoms with van der Waals surface area (Å²) in [5.74, 6) is 3.74. The van der Waals surface area contributed by atoms with Crippen LogP contribution in [-0.2, 0) is 6.54 Å². The number of imidazole rings is 1. The summed E-state index contributed by atoms with van der Waals surface area (Å²) in [5.41, 5.74) is 0. The Morgan fingerprint density at radius 1 is 1.44 bits per heavy atom. The number of rotatable bonds is 5. The molecule has 0 radical (unpaired) electrons. The van der Waals surface area contributed by atoms with Crippen LogP contribution < -0.4 is 5.32 Å². The van der Waals surface area contributed by atoms with Crippen molar-refractivity contribution >= 4 is 23.5 Å². The van der Waals surface area contributed by atoms with E-state index in [1.165, 1.54) is 17.3 Å². The Bertz CT molecular complexity index is 367. The van der Waals surface area contributed by atoms with Crippen LogP contribution in [0.3, 0.4) is 0 Å². The maximum atomic E-state index is 4.59. The molecule has 1 aromatic heterocycles. The lowest BCUT2D eigenvalue weighted by atomic mass is 10.1. The molecule has 2 heterocycles. The van der Waals surface area contributed by atoms with Gasteiger partial charge in [-0.15, -0.1) is 0 Å². The van der Waals surface area contributed by atoms with E-state index in [2.05, 4.69) is 65.4 Å². The zero-order valence-corrected chi connectivity index (χ0v) is 13.1. The van der Waals surface area contributed by atoms with E-state index in [1.807, 2.05) is 6.20 Å². The van der Waals surface area contributed by atoms with E-state index in [9.17, 15) is 0 Å². The molecule has 3 nitrogen and oxygen atoms in total. The fourth-order valence-corrected chi connectivity index (χ4v) is 5.37. The Hall–Kier alpha value is -0.130. The molecule has 1 N–H and O–H groups in total. The van der Waals surface area contributed by atoms with Gasteiger partial charge < -0.3 is 9.88 Å². The molecular formula is C13H23N3S2. The third kappa shape index (κ3) is 3.06. The Morgan fingerprint density at radius 3 is 2.89 bits per heavy atom. The first-order valence-electron chi connectivity index (χ1n) is 6.75. The summed E-state index contributed by atoms with van der Waals surface area (Å²) in [6.07, 6.45) is 4.01. The molecule has 0 amide bonds. The molecule has 3 atom stereocenters. The second-order valence-electron chi connectivity index (χ2n) is 4.52. The van der Waals surface area contributed by atoms with Crippen molar-refractivity contribution in [3.63, 3.8) is 0 Å². The molecule has 1 saturated heterocycles. The van der Waals surface area contributed by atoms with Gasteiger partial charge >= 0.3 is 0 Å². The van der Waals surface area contributed by atoms with Gasteiger partial charge in [0.2, 0.25) is 0 Å². The number of hydrogen-bond acceptors (Lipinski definition) is 4. The first kappa shape index (κ1) is 14.3. The Labute approximate surface area is 119 Å². The molecule has 0 spiro atoms. The van der Waals surface area contributed by atoms with Crippen molar-refractivity contribution in [2.45, 2.75) is 43.9 Å². The monoisotopic (exact) mass is 285 g/mol. The van der Waals surface area contributed by atoms with Crippen LogP contribution in [0.15, 0.2) is 12.4 Å². The fourth-order valence-electron chi connectivity index (χ4n) is 2.46. The lowest BCUT2D eigenvalue weighted by molar-refractivity contribution is 0.478. The highest BCUT2D eigenvalue weighted by Crippen LogP contribution is 2.38. The summed E-state index contributed by atoms with van der Waals surface area (Å²) < 4.78 is 2.26. The summed E-state index contributed by atoms with van der Waals surface area (Å²) in [7, 11) is 0. The first-order chi connectivity index (χ1) is 8.77. The predicted molar refractivity (Wildman–Crippen MR) is 82.5 cm³/mol. The molecule has 2 rings (SSSR count). The van der Waals surface area contributed by atoms with E-state index in [4.69, 9.17) is 0 Å². The molecule has 102 valence electrons. The van der Waals surface area contributed by atoms with Crippen molar-refractivity contribution < 1.29 is 0 Å². The zero-order chi connectivity index (χ0) is 13.0. The number of aromatic nitrogens is 2. The summed E-state index contributed by atoms with van der Waals surface area (Å²) in [6, 6.07) is 0.373. The number of aryl methyl sites for hydroxylation is 1. The smallest absolute Gasteiger partial charge is 0.127 e. The number of thioether (sulfide) groups is 2. The highest BCUT2D eigenvalue weighted by atomic mass is 32.2. The lowest BCUT2D eigenvalue weighted by Gasteiger charge is -2.34. The molecule has 1 fully saturated rings. The van der Waals surface area contributed by atoms with Gasteiger partial charge in [-0.1, -0.05) is 13.8 Å². The van der Waals surface area contributed by atoms with Crippen LogP contribution in [0, 0.1) is 0 Å². The fraction of sp³-hybridized carbons (Fsp3) is 0.769. The SMILES string of the molecule is CCNC(c1nccn1CC)C1SCCSC1C.